The molecule has 0 saturated heterocycles. The molecule has 3 heteroatoms. The van der Waals surface area contributed by atoms with Gasteiger partial charge in [-0.05, 0) is 60.7 Å². The Hall–Kier alpha value is -2.55. The number of hydrogen-bond donors (Lipinski definition) is 1. The fourth-order valence-corrected chi connectivity index (χ4v) is 2.37. The minimum absolute atomic E-state index is 0.281. The molecule has 0 amide bonds. The van der Waals surface area contributed by atoms with Crippen LogP contribution in [0.4, 0.5) is 0 Å². The highest BCUT2D eigenvalue weighted by Crippen LogP contribution is 2.23. The van der Waals surface area contributed by atoms with Gasteiger partial charge in [-0.3, -0.25) is 0 Å². The van der Waals surface area contributed by atoms with Crippen LogP contribution >= 0.6 is 0 Å². The molecule has 0 bridgehead atoms. The van der Waals surface area contributed by atoms with Crippen molar-refractivity contribution in [1.82, 2.24) is 0 Å². The normalized spacial score (nSPS) is 11.4. The van der Waals surface area contributed by atoms with Crippen LogP contribution in [-0.2, 0) is 4.79 Å². The summed E-state index contributed by atoms with van der Waals surface area (Å²) >= 11 is 0. The first-order valence-electron chi connectivity index (χ1n) is 8.26. The third-order valence-electron chi connectivity index (χ3n) is 3.98. The molecule has 2 rings (SSSR count). The van der Waals surface area contributed by atoms with Gasteiger partial charge in [-0.25, -0.2) is 4.79 Å². The van der Waals surface area contributed by atoms with Gasteiger partial charge in [0.25, 0.3) is 0 Å². The summed E-state index contributed by atoms with van der Waals surface area (Å²) in [6.07, 6.45) is 3.78. The molecule has 0 atom stereocenters. The molecule has 0 aliphatic carbocycles. The van der Waals surface area contributed by atoms with Crippen molar-refractivity contribution in [3.8, 4) is 5.75 Å². The van der Waals surface area contributed by atoms with Crippen LogP contribution in [0.5, 0.6) is 5.75 Å². The van der Waals surface area contributed by atoms with Crippen molar-refractivity contribution >= 4 is 17.6 Å². The molecule has 24 heavy (non-hydrogen) atoms. The molecule has 2 aromatic rings. The fourth-order valence-electron chi connectivity index (χ4n) is 2.37. The Balaban J connectivity index is 2.32. The highest BCUT2D eigenvalue weighted by atomic mass is 16.5. The van der Waals surface area contributed by atoms with Gasteiger partial charge in [0, 0.05) is 0 Å². The molecule has 0 heterocycles. The molecule has 1 N–H and O–H groups in total. The van der Waals surface area contributed by atoms with E-state index in [1.165, 1.54) is 0 Å². The van der Waals surface area contributed by atoms with Crippen LogP contribution in [0.3, 0.4) is 0 Å². The van der Waals surface area contributed by atoms with Gasteiger partial charge in [0.1, 0.15) is 5.75 Å². The molecule has 0 aliphatic rings. The Morgan fingerprint density at radius 3 is 2.58 bits per heavy atom. The van der Waals surface area contributed by atoms with E-state index in [1.807, 2.05) is 56.3 Å². The topological polar surface area (TPSA) is 46.5 Å². The van der Waals surface area contributed by atoms with Gasteiger partial charge >= 0.3 is 5.97 Å². The van der Waals surface area contributed by atoms with E-state index in [1.54, 1.807) is 6.08 Å². The maximum Gasteiger partial charge on any atom is 0.336 e. The number of hydrogen-bond acceptors (Lipinski definition) is 2. The maximum absolute atomic E-state index is 11.7. The predicted molar refractivity (Wildman–Crippen MR) is 98.3 cm³/mol. The zero-order chi connectivity index (χ0) is 17.5. The van der Waals surface area contributed by atoms with Crippen molar-refractivity contribution in [2.75, 3.05) is 6.61 Å². The van der Waals surface area contributed by atoms with Crippen LogP contribution in [0, 0.1) is 13.8 Å². The number of rotatable bonds is 7. The molecule has 3 nitrogen and oxygen atoms in total. The van der Waals surface area contributed by atoms with E-state index < -0.39 is 5.97 Å². The van der Waals surface area contributed by atoms with E-state index in [9.17, 15) is 9.90 Å². The average molecular weight is 324 g/mol. The lowest BCUT2D eigenvalue weighted by molar-refractivity contribution is -0.130. The van der Waals surface area contributed by atoms with Crippen molar-refractivity contribution in [1.29, 1.82) is 0 Å². The summed E-state index contributed by atoms with van der Waals surface area (Å²) in [5.41, 5.74) is 4.04. The first kappa shape index (κ1) is 17.8. The van der Waals surface area contributed by atoms with Crippen LogP contribution < -0.4 is 4.74 Å². The van der Waals surface area contributed by atoms with Crippen LogP contribution in [0.25, 0.3) is 11.6 Å². The van der Waals surface area contributed by atoms with E-state index in [2.05, 4.69) is 6.92 Å². The van der Waals surface area contributed by atoms with Crippen molar-refractivity contribution in [3.05, 3.63) is 64.7 Å². The Labute approximate surface area is 143 Å². The molecule has 2 aromatic carbocycles. The first-order chi connectivity index (χ1) is 11.5. The minimum Gasteiger partial charge on any atom is -0.494 e. The Morgan fingerprint density at radius 2 is 1.92 bits per heavy atom. The summed E-state index contributed by atoms with van der Waals surface area (Å²) in [4.78, 5) is 11.7. The average Bonchev–Trinajstić information content (AvgIpc) is 2.56. The highest BCUT2D eigenvalue weighted by Gasteiger charge is 2.11. The molecule has 0 aliphatic heterocycles. The monoisotopic (exact) mass is 324 g/mol. The van der Waals surface area contributed by atoms with Crippen LogP contribution in [0.2, 0.25) is 0 Å². The number of aliphatic carboxylic acids is 1. The van der Waals surface area contributed by atoms with E-state index >= 15 is 0 Å². The number of carboxylic acid groups (broad SMARTS) is 1. The summed E-state index contributed by atoms with van der Waals surface area (Å²) in [6, 6.07) is 13.2. The number of ether oxygens (including phenoxy) is 1. The summed E-state index contributed by atoms with van der Waals surface area (Å²) in [7, 11) is 0. The van der Waals surface area contributed by atoms with Crippen LogP contribution in [0.1, 0.15) is 42.0 Å². The molecule has 0 fully saturated rings. The molecule has 0 spiro atoms. The van der Waals surface area contributed by atoms with E-state index in [0.29, 0.717) is 12.2 Å². The van der Waals surface area contributed by atoms with E-state index in [4.69, 9.17) is 4.74 Å². The summed E-state index contributed by atoms with van der Waals surface area (Å²) in [5.74, 6) is -0.169. The van der Waals surface area contributed by atoms with Gasteiger partial charge < -0.3 is 9.84 Å². The lowest BCUT2D eigenvalue weighted by atomic mass is 9.98. The van der Waals surface area contributed by atoms with Gasteiger partial charge in [-0.15, -0.1) is 0 Å². The van der Waals surface area contributed by atoms with Gasteiger partial charge in [-0.2, -0.15) is 0 Å². The standard InChI is InChI=1S/C21H24O3/c1-4-5-11-24-19-8-6-7-17(13-19)14-20(21(22)23)18-10-9-15(2)16(3)12-18/h6-10,12-14H,4-5,11H2,1-3H3,(H,22,23)/b20-14-. The Morgan fingerprint density at radius 1 is 1.12 bits per heavy atom. The third-order valence-corrected chi connectivity index (χ3v) is 3.98. The first-order valence-corrected chi connectivity index (χ1v) is 8.26. The van der Waals surface area contributed by atoms with E-state index in [-0.39, 0.29) is 5.57 Å². The quantitative estimate of drug-likeness (QED) is 0.437. The van der Waals surface area contributed by atoms with Crippen molar-refractivity contribution in [2.45, 2.75) is 33.6 Å². The minimum atomic E-state index is -0.935. The molecule has 0 unspecified atom stereocenters. The number of unbranched alkanes of at least 4 members (excludes halogenated alkanes) is 1. The largest absolute Gasteiger partial charge is 0.494 e. The van der Waals surface area contributed by atoms with Crippen LogP contribution in [-0.4, -0.2) is 17.7 Å². The van der Waals surface area contributed by atoms with Crippen molar-refractivity contribution in [2.24, 2.45) is 0 Å². The fraction of sp³-hybridized carbons (Fsp3) is 0.286. The molecule has 0 saturated carbocycles. The molecular weight excluding hydrogens is 300 g/mol. The molecular formula is C21H24O3. The zero-order valence-electron chi connectivity index (χ0n) is 14.5. The number of carbonyl (C=O) groups is 1. The lowest BCUT2D eigenvalue weighted by Gasteiger charge is -2.08. The van der Waals surface area contributed by atoms with Gasteiger partial charge in [0.05, 0.1) is 12.2 Å². The summed E-state index contributed by atoms with van der Waals surface area (Å²) < 4.78 is 5.69. The number of benzene rings is 2. The van der Waals surface area contributed by atoms with Crippen LogP contribution in [0.15, 0.2) is 42.5 Å². The highest BCUT2D eigenvalue weighted by molar-refractivity contribution is 6.20. The third kappa shape index (κ3) is 4.72. The molecule has 0 radical (unpaired) electrons. The lowest BCUT2D eigenvalue weighted by Crippen LogP contribution is -2.01. The van der Waals surface area contributed by atoms with Crippen molar-refractivity contribution < 1.29 is 14.6 Å². The number of carboxylic acids is 1. The Kier molecular flexibility index (Phi) is 6.19. The second kappa shape index (κ2) is 8.34. The second-order valence-electron chi connectivity index (χ2n) is 5.94. The predicted octanol–water partition coefficient (Wildman–Crippen LogP) is 5.11. The molecule has 0 aromatic heterocycles. The molecule has 126 valence electrons. The van der Waals surface area contributed by atoms with Crippen molar-refractivity contribution in [3.63, 3.8) is 0 Å². The van der Waals surface area contributed by atoms with E-state index in [0.717, 1.165) is 35.3 Å². The zero-order valence-corrected chi connectivity index (χ0v) is 14.5. The summed E-state index contributed by atoms with van der Waals surface area (Å²) in [5, 5.41) is 9.59. The SMILES string of the molecule is CCCCOc1cccc(/C=C(\C(=O)O)c2ccc(C)c(C)c2)c1. The second-order valence-corrected chi connectivity index (χ2v) is 5.94. The van der Waals surface area contributed by atoms with Gasteiger partial charge in [0.2, 0.25) is 0 Å². The van der Waals surface area contributed by atoms with Gasteiger partial charge in [-0.1, -0.05) is 43.7 Å². The number of aryl methyl sites for hydroxylation is 2. The Bertz CT molecular complexity index is 744. The van der Waals surface area contributed by atoms with Gasteiger partial charge in [0.15, 0.2) is 0 Å². The summed E-state index contributed by atoms with van der Waals surface area (Å²) in [6.45, 7) is 6.79. The maximum atomic E-state index is 11.7. The smallest absolute Gasteiger partial charge is 0.336 e.